The number of benzene rings is 1. The van der Waals surface area contributed by atoms with Crippen molar-refractivity contribution < 1.29 is 14.3 Å². The zero-order valence-electron chi connectivity index (χ0n) is 16.7. The fraction of sp³-hybridized carbons (Fsp3) is 0.478. The third kappa shape index (κ3) is 3.87. The first kappa shape index (κ1) is 18.6. The second kappa shape index (κ2) is 7.76. The molecular formula is C23H27N3O3. The first-order valence-corrected chi connectivity index (χ1v) is 10.5. The molecule has 5 rings (SSSR count). The van der Waals surface area contributed by atoms with Gasteiger partial charge in [0.2, 0.25) is 5.91 Å². The van der Waals surface area contributed by atoms with Crippen molar-refractivity contribution in [2.24, 2.45) is 17.8 Å². The number of nitrogens with one attached hydrogen (secondary N) is 2. The predicted molar refractivity (Wildman–Crippen MR) is 111 cm³/mol. The summed E-state index contributed by atoms with van der Waals surface area (Å²) in [5, 5.41) is 6.33. The van der Waals surface area contributed by atoms with E-state index in [0.29, 0.717) is 17.7 Å². The molecule has 6 heteroatoms. The van der Waals surface area contributed by atoms with Crippen molar-refractivity contribution in [3.63, 3.8) is 0 Å². The molecule has 152 valence electrons. The fourth-order valence-electron chi connectivity index (χ4n) is 4.63. The summed E-state index contributed by atoms with van der Waals surface area (Å²) in [5.41, 5.74) is 3.23. The number of amides is 1. The van der Waals surface area contributed by atoms with Gasteiger partial charge in [-0.15, -0.1) is 0 Å². The highest BCUT2D eigenvalue weighted by molar-refractivity contribution is 5.94. The van der Waals surface area contributed by atoms with Gasteiger partial charge in [-0.1, -0.05) is 6.07 Å². The minimum absolute atomic E-state index is 0.0996. The first-order chi connectivity index (χ1) is 14.2. The number of carbonyl (C=O) groups is 1. The lowest BCUT2D eigenvalue weighted by atomic mass is 10.0. The molecule has 3 atom stereocenters. The average molecular weight is 393 g/mol. The van der Waals surface area contributed by atoms with E-state index in [1.165, 1.54) is 0 Å². The third-order valence-corrected chi connectivity index (χ3v) is 6.38. The van der Waals surface area contributed by atoms with Crippen LogP contribution >= 0.6 is 0 Å². The van der Waals surface area contributed by atoms with Crippen LogP contribution < -0.4 is 15.4 Å². The van der Waals surface area contributed by atoms with Crippen LogP contribution in [-0.4, -0.2) is 43.3 Å². The second-order valence-corrected chi connectivity index (χ2v) is 8.34. The Labute approximate surface area is 171 Å². The Kier molecular flexibility index (Phi) is 4.97. The van der Waals surface area contributed by atoms with Crippen LogP contribution in [0.2, 0.25) is 0 Å². The summed E-state index contributed by atoms with van der Waals surface area (Å²) in [5.74, 6) is 2.80. The number of anilines is 1. The van der Waals surface area contributed by atoms with Crippen LogP contribution in [-0.2, 0) is 9.53 Å². The Morgan fingerprint density at radius 3 is 2.66 bits per heavy atom. The molecule has 0 bridgehead atoms. The van der Waals surface area contributed by atoms with Crippen molar-refractivity contribution in [3.8, 4) is 16.9 Å². The molecule has 6 nitrogen and oxygen atoms in total. The normalized spacial score (nSPS) is 26.0. The number of hydrogen-bond donors (Lipinski definition) is 2. The SMILES string of the molecule is Cc1cc(-c2ccnc(NC(=O)C3[C@H]4CNC[C@@H]34)c2)ccc1OC1CCOCC1. The van der Waals surface area contributed by atoms with Crippen molar-refractivity contribution in [3.05, 3.63) is 42.1 Å². The number of fused-ring (bicyclic) bond motifs is 1. The highest BCUT2D eigenvalue weighted by Crippen LogP contribution is 2.49. The van der Waals surface area contributed by atoms with E-state index in [4.69, 9.17) is 9.47 Å². The quantitative estimate of drug-likeness (QED) is 0.817. The molecule has 3 fully saturated rings. The van der Waals surface area contributed by atoms with Crippen LogP contribution in [0.25, 0.3) is 11.1 Å². The van der Waals surface area contributed by atoms with Gasteiger partial charge in [0, 0.05) is 25.0 Å². The standard InChI is InChI=1S/C23H27N3O3/c1-14-10-15(2-3-20(14)29-17-5-8-28-9-6-17)16-4-7-25-21(11-16)26-23(27)22-18-12-24-13-19(18)22/h2-4,7,10-11,17-19,22,24H,5-6,8-9,12-13H2,1H3,(H,25,26,27)/t18-,19+,22?. The van der Waals surface area contributed by atoms with Crippen LogP contribution in [0.15, 0.2) is 36.5 Å². The van der Waals surface area contributed by atoms with Gasteiger partial charge >= 0.3 is 0 Å². The topological polar surface area (TPSA) is 72.5 Å². The van der Waals surface area contributed by atoms with Gasteiger partial charge in [-0.05, 0) is 72.8 Å². The number of ether oxygens (including phenoxy) is 2. The lowest BCUT2D eigenvalue weighted by molar-refractivity contribution is -0.118. The van der Waals surface area contributed by atoms with Gasteiger partial charge in [-0.3, -0.25) is 4.79 Å². The molecule has 2 aliphatic heterocycles. The van der Waals surface area contributed by atoms with Crippen LogP contribution in [0.3, 0.4) is 0 Å². The zero-order valence-corrected chi connectivity index (χ0v) is 16.7. The van der Waals surface area contributed by atoms with E-state index in [2.05, 4.69) is 34.7 Å². The fourth-order valence-corrected chi connectivity index (χ4v) is 4.63. The molecule has 29 heavy (non-hydrogen) atoms. The van der Waals surface area contributed by atoms with E-state index in [-0.39, 0.29) is 17.9 Å². The van der Waals surface area contributed by atoms with Crippen LogP contribution in [0.1, 0.15) is 18.4 Å². The van der Waals surface area contributed by atoms with Gasteiger partial charge in [0.05, 0.1) is 13.2 Å². The van der Waals surface area contributed by atoms with Crippen LogP contribution in [0, 0.1) is 24.7 Å². The molecule has 0 radical (unpaired) electrons. The van der Waals surface area contributed by atoms with Gasteiger partial charge < -0.3 is 20.1 Å². The smallest absolute Gasteiger partial charge is 0.229 e. The number of aryl methyl sites for hydroxylation is 1. The lowest BCUT2D eigenvalue weighted by Crippen LogP contribution is -2.26. The molecule has 2 N–H and O–H groups in total. The molecule has 1 aliphatic carbocycles. The largest absolute Gasteiger partial charge is 0.490 e. The van der Waals surface area contributed by atoms with Crippen molar-refractivity contribution >= 4 is 11.7 Å². The predicted octanol–water partition coefficient (Wildman–Crippen LogP) is 3.02. The molecule has 3 heterocycles. The molecular weight excluding hydrogens is 366 g/mol. The van der Waals surface area contributed by atoms with E-state index in [1.54, 1.807) is 6.20 Å². The average Bonchev–Trinajstić information content (AvgIpc) is 3.23. The van der Waals surface area contributed by atoms with E-state index >= 15 is 0 Å². The van der Waals surface area contributed by atoms with Crippen LogP contribution in [0.4, 0.5) is 5.82 Å². The minimum atomic E-state index is 0.0996. The van der Waals surface area contributed by atoms with Crippen LogP contribution in [0.5, 0.6) is 5.75 Å². The molecule has 2 aromatic rings. The van der Waals surface area contributed by atoms with Gasteiger partial charge in [0.25, 0.3) is 0 Å². The Morgan fingerprint density at radius 1 is 1.14 bits per heavy atom. The summed E-state index contributed by atoms with van der Waals surface area (Å²) in [6.07, 6.45) is 3.86. The Hall–Kier alpha value is -2.44. The van der Waals surface area contributed by atoms with Gasteiger partial charge in [-0.2, -0.15) is 0 Å². The van der Waals surface area contributed by atoms with Crippen molar-refractivity contribution in [2.45, 2.75) is 25.9 Å². The third-order valence-electron chi connectivity index (χ3n) is 6.38. The summed E-state index contributed by atoms with van der Waals surface area (Å²) in [4.78, 5) is 16.9. The Bertz CT molecular complexity index is 900. The maximum absolute atomic E-state index is 12.5. The van der Waals surface area contributed by atoms with Crippen molar-refractivity contribution in [1.82, 2.24) is 10.3 Å². The Morgan fingerprint density at radius 2 is 1.90 bits per heavy atom. The highest BCUT2D eigenvalue weighted by atomic mass is 16.5. The molecule has 1 saturated carbocycles. The molecule has 1 unspecified atom stereocenters. The van der Waals surface area contributed by atoms with Gasteiger partial charge in [-0.25, -0.2) is 4.98 Å². The minimum Gasteiger partial charge on any atom is -0.490 e. The lowest BCUT2D eigenvalue weighted by Gasteiger charge is -2.24. The second-order valence-electron chi connectivity index (χ2n) is 8.34. The summed E-state index contributed by atoms with van der Waals surface area (Å²) in [7, 11) is 0. The van der Waals surface area contributed by atoms with E-state index < -0.39 is 0 Å². The molecule has 1 aromatic heterocycles. The van der Waals surface area contributed by atoms with E-state index in [1.807, 2.05) is 18.2 Å². The number of hydrogen-bond acceptors (Lipinski definition) is 5. The number of carbonyl (C=O) groups excluding carboxylic acids is 1. The molecule has 3 aliphatic rings. The zero-order chi connectivity index (χ0) is 19.8. The molecule has 0 spiro atoms. The van der Waals surface area contributed by atoms with E-state index in [9.17, 15) is 4.79 Å². The molecule has 2 saturated heterocycles. The van der Waals surface area contributed by atoms with Gasteiger partial charge in [0.15, 0.2) is 0 Å². The first-order valence-electron chi connectivity index (χ1n) is 10.5. The monoisotopic (exact) mass is 393 g/mol. The van der Waals surface area contributed by atoms with Crippen molar-refractivity contribution in [1.29, 1.82) is 0 Å². The number of piperidine rings is 1. The Balaban J connectivity index is 1.27. The summed E-state index contributed by atoms with van der Waals surface area (Å²) < 4.78 is 11.6. The van der Waals surface area contributed by atoms with Crippen molar-refractivity contribution in [2.75, 3.05) is 31.6 Å². The number of nitrogens with zero attached hydrogens (tertiary/aromatic N) is 1. The maximum Gasteiger partial charge on any atom is 0.229 e. The highest BCUT2D eigenvalue weighted by Gasteiger charge is 2.56. The van der Waals surface area contributed by atoms with E-state index in [0.717, 1.165) is 61.6 Å². The van der Waals surface area contributed by atoms with Gasteiger partial charge in [0.1, 0.15) is 17.7 Å². The summed E-state index contributed by atoms with van der Waals surface area (Å²) >= 11 is 0. The maximum atomic E-state index is 12.5. The number of aromatic nitrogens is 1. The molecule has 1 amide bonds. The summed E-state index contributed by atoms with van der Waals surface area (Å²) in [6.45, 7) is 5.52. The molecule has 1 aromatic carbocycles. The number of pyridine rings is 1. The number of rotatable bonds is 5. The summed E-state index contributed by atoms with van der Waals surface area (Å²) in [6, 6.07) is 10.2.